The zero-order valence-corrected chi connectivity index (χ0v) is 11.4. The molecular formula is C14H24N2O. The zero-order valence-electron chi connectivity index (χ0n) is 11.4. The van der Waals surface area contributed by atoms with Crippen LogP contribution in [-0.2, 0) is 4.79 Å². The van der Waals surface area contributed by atoms with Gasteiger partial charge in [-0.3, -0.25) is 4.79 Å². The van der Waals surface area contributed by atoms with Crippen LogP contribution in [0, 0.1) is 23.7 Å². The maximum absolute atomic E-state index is 12.3. The van der Waals surface area contributed by atoms with E-state index < -0.39 is 5.54 Å². The van der Waals surface area contributed by atoms with Crippen molar-refractivity contribution in [2.24, 2.45) is 11.3 Å². The van der Waals surface area contributed by atoms with E-state index in [1.165, 1.54) is 0 Å². The number of terminal acetylenes is 1. The first kappa shape index (κ1) is 14.1. The van der Waals surface area contributed by atoms with E-state index >= 15 is 0 Å². The largest absolute Gasteiger partial charge is 0.340 e. The fraction of sp³-hybridized carbons (Fsp3) is 0.786. The summed E-state index contributed by atoms with van der Waals surface area (Å²) in [5, 5.41) is 6.29. The van der Waals surface area contributed by atoms with Gasteiger partial charge in [-0.2, -0.15) is 0 Å². The predicted molar refractivity (Wildman–Crippen MR) is 70.4 cm³/mol. The van der Waals surface area contributed by atoms with Crippen molar-refractivity contribution >= 4 is 5.91 Å². The van der Waals surface area contributed by atoms with Crippen LogP contribution in [0.3, 0.4) is 0 Å². The first-order valence-corrected chi connectivity index (χ1v) is 6.31. The van der Waals surface area contributed by atoms with Gasteiger partial charge in [0.1, 0.15) is 0 Å². The Morgan fingerprint density at radius 2 is 2.06 bits per heavy atom. The second-order valence-electron chi connectivity index (χ2n) is 5.99. The summed E-state index contributed by atoms with van der Waals surface area (Å²) in [5.41, 5.74) is -0.946. The van der Waals surface area contributed by atoms with Crippen molar-refractivity contribution in [1.29, 1.82) is 0 Å². The van der Waals surface area contributed by atoms with E-state index in [0.29, 0.717) is 5.92 Å². The maximum Gasteiger partial charge on any atom is 0.227 e. The van der Waals surface area contributed by atoms with Crippen LogP contribution in [-0.4, -0.2) is 24.5 Å². The standard InChI is InChI=1S/C14H24N2O/c1-6-13(2,3)16-12(17)14(4,5)11-8-7-9-15-10-11/h1,11,15H,7-10H2,2-5H3,(H,16,17). The van der Waals surface area contributed by atoms with E-state index in [-0.39, 0.29) is 11.3 Å². The third-order valence-corrected chi connectivity index (χ3v) is 3.69. The van der Waals surface area contributed by atoms with Gasteiger partial charge in [-0.15, -0.1) is 6.42 Å². The summed E-state index contributed by atoms with van der Waals surface area (Å²) in [6.45, 7) is 9.68. The SMILES string of the molecule is C#CC(C)(C)NC(=O)C(C)(C)C1CCCNC1. The van der Waals surface area contributed by atoms with E-state index in [1.807, 2.05) is 27.7 Å². The lowest BCUT2D eigenvalue weighted by molar-refractivity contribution is -0.133. The second-order valence-corrected chi connectivity index (χ2v) is 5.99. The highest BCUT2D eigenvalue weighted by molar-refractivity contribution is 5.83. The Bertz CT molecular complexity index is 320. The van der Waals surface area contributed by atoms with Crippen molar-refractivity contribution in [2.75, 3.05) is 13.1 Å². The summed E-state index contributed by atoms with van der Waals surface area (Å²) >= 11 is 0. The third-order valence-electron chi connectivity index (χ3n) is 3.69. The average molecular weight is 236 g/mol. The number of carbonyl (C=O) groups is 1. The predicted octanol–water partition coefficient (Wildman–Crippen LogP) is 1.54. The molecule has 17 heavy (non-hydrogen) atoms. The fourth-order valence-corrected chi connectivity index (χ4v) is 2.13. The molecule has 0 aromatic rings. The molecule has 1 fully saturated rings. The number of nitrogens with one attached hydrogen (secondary N) is 2. The molecule has 1 heterocycles. The summed E-state index contributed by atoms with van der Waals surface area (Å²) in [6, 6.07) is 0. The fourth-order valence-electron chi connectivity index (χ4n) is 2.13. The van der Waals surface area contributed by atoms with Crippen LogP contribution in [0.15, 0.2) is 0 Å². The first-order chi connectivity index (χ1) is 7.79. The van der Waals surface area contributed by atoms with Crippen molar-refractivity contribution in [3.8, 4) is 12.3 Å². The molecule has 1 aliphatic heterocycles. The van der Waals surface area contributed by atoms with Crippen LogP contribution in [0.5, 0.6) is 0 Å². The van der Waals surface area contributed by atoms with E-state index in [9.17, 15) is 4.79 Å². The van der Waals surface area contributed by atoms with Gasteiger partial charge in [0.05, 0.1) is 5.54 Å². The minimum atomic E-state index is -0.573. The van der Waals surface area contributed by atoms with Gasteiger partial charge in [0.2, 0.25) is 5.91 Å². The topological polar surface area (TPSA) is 41.1 Å². The molecular weight excluding hydrogens is 212 g/mol. The Hall–Kier alpha value is -1.01. The molecule has 0 radical (unpaired) electrons. The van der Waals surface area contributed by atoms with Crippen LogP contribution in [0.4, 0.5) is 0 Å². The Morgan fingerprint density at radius 1 is 1.41 bits per heavy atom. The Labute approximate surface area is 105 Å². The van der Waals surface area contributed by atoms with Crippen LogP contribution in [0.25, 0.3) is 0 Å². The molecule has 1 rings (SSSR count). The van der Waals surface area contributed by atoms with Crippen LogP contribution in [0.1, 0.15) is 40.5 Å². The first-order valence-electron chi connectivity index (χ1n) is 6.31. The molecule has 2 N–H and O–H groups in total. The molecule has 1 aliphatic rings. The molecule has 3 heteroatoms. The van der Waals surface area contributed by atoms with Gasteiger partial charge < -0.3 is 10.6 Å². The Kier molecular flexibility index (Phi) is 4.21. The van der Waals surface area contributed by atoms with E-state index in [4.69, 9.17) is 6.42 Å². The molecule has 0 spiro atoms. The van der Waals surface area contributed by atoms with Gasteiger partial charge in [-0.1, -0.05) is 19.8 Å². The lowest BCUT2D eigenvalue weighted by Crippen LogP contribution is -2.52. The Balaban J connectivity index is 2.69. The van der Waals surface area contributed by atoms with E-state index in [2.05, 4.69) is 16.6 Å². The zero-order chi connectivity index (χ0) is 13.1. The molecule has 96 valence electrons. The van der Waals surface area contributed by atoms with Crippen molar-refractivity contribution in [3.05, 3.63) is 0 Å². The molecule has 0 saturated carbocycles. The summed E-state index contributed by atoms with van der Waals surface area (Å²) in [6.07, 6.45) is 7.64. The number of piperidine rings is 1. The van der Waals surface area contributed by atoms with Gasteiger partial charge in [0.15, 0.2) is 0 Å². The van der Waals surface area contributed by atoms with Gasteiger partial charge in [0.25, 0.3) is 0 Å². The maximum atomic E-state index is 12.3. The minimum Gasteiger partial charge on any atom is -0.340 e. The number of amides is 1. The van der Waals surface area contributed by atoms with E-state index in [0.717, 1.165) is 25.9 Å². The summed E-state index contributed by atoms with van der Waals surface area (Å²) in [7, 11) is 0. The van der Waals surface area contributed by atoms with Gasteiger partial charge in [-0.05, 0) is 45.7 Å². The molecule has 1 unspecified atom stereocenters. The highest BCUT2D eigenvalue weighted by Crippen LogP contribution is 2.32. The number of hydrogen-bond donors (Lipinski definition) is 2. The second kappa shape index (κ2) is 5.10. The normalized spacial score (nSPS) is 21.7. The van der Waals surface area contributed by atoms with Gasteiger partial charge in [-0.25, -0.2) is 0 Å². The lowest BCUT2D eigenvalue weighted by atomic mass is 9.74. The monoisotopic (exact) mass is 236 g/mol. The van der Waals surface area contributed by atoms with Crippen LogP contribution in [0.2, 0.25) is 0 Å². The van der Waals surface area contributed by atoms with Gasteiger partial charge in [0, 0.05) is 5.41 Å². The number of hydrogen-bond acceptors (Lipinski definition) is 2. The number of carbonyl (C=O) groups excluding carboxylic acids is 1. The lowest BCUT2D eigenvalue weighted by Gasteiger charge is -2.37. The molecule has 3 nitrogen and oxygen atoms in total. The van der Waals surface area contributed by atoms with Crippen LogP contribution >= 0.6 is 0 Å². The molecule has 0 aromatic carbocycles. The van der Waals surface area contributed by atoms with E-state index in [1.54, 1.807) is 0 Å². The molecule has 0 aromatic heterocycles. The third kappa shape index (κ3) is 3.47. The minimum absolute atomic E-state index is 0.0501. The Morgan fingerprint density at radius 3 is 2.53 bits per heavy atom. The van der Waals surface area contributed by atoms with Crippen molar-refractivity contribution in [1.82, 2.24) is 10.6 Å². The quantitative estimate of drug-likeness (QED) is 0.730. The molecule has 0 bridgehead atoms. The molecule has 0 aliphatic carbocycles. The van der Waals surface area contributed by atoms with Gasteiger partial charge >= 0.3 is 0 Å². The number of rotatable bonds is 3. The summed E-state index contributed by atoms with van der Waals surface area (Å²) in [5.74, 6) is 3.03. The van der Waals surface area contributed by atoms with Crippen molar-refractivity contribution in [2.45, 2.75) is 46.1 Å². The molecule has 1 saturated heterocycles. The average Bonchev–Trinajstić information content (AvgIpc) is 2.29. The highest BCUT2D eigenvalue weighted by atomic mass is 16.2. The summed E-state index contributed by atoms with van der Waals surface area (Å²) in [4.78, 5) is 12.3. The molecule has 1 atom stereocenters. The van der Waals surface area contributed by atoms with Crippen molar-refractivity contribution in [3.63, 3.8) is 0 Å². The summed E-state index contributed by atoms with van der Waals surface area (Å²) < 4.78 is 0. The highest BCUT2D eigenvalue weighted by Gasteiger charge is 2.38. The smallest absolute Gasteiger partial charge is 0.227 e. The molecule has 1 amide bonds. The van der Waals surface area contributed by atoms with Crippen LogP contribution < -0.4 is 10.6 Å². The van der Waals surface area contributed by atoms with Crippen molar-refractivity contribution < 1.29 is 4.79 Å².